The van der Waals surface area contributed by atoms with Gasteiger partial charge in [0.1, 0.15) is 11.5 Å². The Labute approximate surface area is 163 Å². The summed E-state index contributed by atoms with van der Waals surface area (Å²) in [5, 5.41) is 7.64. The minimum Gasteiger partial charge on any atom is -0.497 e. The van der Waals surface area contributed by atoms with E-state index in [0.717, 1.165) is 38.3 Å². The first kappa shape index (κ1) is 17.2. The van der Waals surface area contributed by atoms with Crippen molar-refractivity contribution in [2.75, 3.05) is 24.4 Å². The Bertz CT molecular complexity index is 911. The number of rotatable bonds is 4. The van der Waals surface area contributed by atoms with Crippen LogP contribution in [-0.4, -0.2) is 29.6 Å². The molecule has 2 aliphatic rings. The molecule has 134 valence electrons. The fraction of sp³-hybridized carbons (Fsp3) is 0.118. The number of benzene rings is 2. The largest absolute Gasteiger partial charge is 0.497 e. The van der Waals surface area contributed by atoms with Crippen LogP contribution in [0.5, 0.6) is 11.5 Å². The fourth-order valence-corrected chi connectivity index (χ4v) is 6.10. The van der Waals surface area contributed by atoms with Gasteiger partial charge in [-0.2, -0.15) is 4.40 Å². The maximum Gasteiger partial charge on any atom is 0.221 e. The van der Waals surface area contributed by atoms with Crippen LogP contribution in [0.1, 0.15) is 0 Å². The van der Waals surface area contributed by atoms with Gasteiger partial charge in [0.2, 0.25) is 5.96 Å². The number of methoxy groups -OCH3 is 2. The molecule has 0 spiro atoms. The summed E-state index contributed by atoms with van der Waals surface area (Å²) in [6.45, 7) is 0. The second-order valence-electron chi connectivity index (χ2n) is 5.35. The van der Waals surface area contributed by atoms with Gasteiger partial charge in [-0.25, -0.2) is 0 Å². The molecular formula is C17H16N4O2S3. The van der Waals surface area contributed by atoms with Crippen molar-refractivity contribution in [2.45, 2.75) is 0 Å². The van der Waals surface area contributed by atoms with E-state index in [-0.39, 0.29) is 9.70 Å². The van der Waals surface area contributed by atoms with Gasteiger partial charge in [0.25, 0.3) is 0 Å². The van der Waals surface area contributed by atoms with Crippen molar-refractivity contribution < 1.29 is 9.47 Å². The number of ether oxygens (including phenoxy) is 2. The van der Waals surface area contributed by atoms with E-state index in [9.17, 15) is 0 Å². The van der Waals surface area contributed by atoms with Gasteiger partial charge in [-0.3, -0.25) is 4.90 Å². The minimum absolute atomic E-state index is 0.369. The van der Waals surface area contributed by atoms with E-state index in [1.165, 1.54) is 0 Å². The molecule has 2 N–H and O–H groups in total. The zero-order chi connectivity index (χ0) is 18.1. The molecule has 0 bridgehead atoms. The lowest BCUT2D eigenvalue weighted by molar-refractivity contribution is 0.415. The van der Waals surface area contributed by atoms with Crippen LogP contribution in [-0.2, 0) is 0 Å². The monoisotopic (exact) mass is 404 g/mol. The van der Waals surface area contributed by atoms with E-state index in [1.807, 2.05) is 48.5 Å². The molecule has 0 saturated heterocycles. The lowest BCUT2D eigenvalue weighted by atomic mass is 10.2. The molecule has 1 atom stereocenters. The standard InChI is InChI=1S/C17H16N4O2S3/c1-22-13-7-3-11(4-8-13)18-15-20-26-16(19-17(24)25-26)21(15)12-5-9-14(23-2)10-6-12/h3-10H,1-2H3,(H,18,20)(H,19,24). The number of guanidine groups is 1. The summed E-state index contributed by atoms with van der Waals surface area (Å²) in [6.07, 6.45) is 0. The minimum atomic E-state index is -0.369. The van der Waals surface area contributed by atoms with Crippen LogP contribution in [0.4, 0.5) is 11.4 Å². The molecule has 2 heterocycles. The average molecular weight is 405 g/mol. The smallest absolute Gasteiger partial charge is 0.221 e. The Hall–Kier alpha value is -2.23. The zero-order valence-corrected chi connectivity index (χ0v) is 16.5. The molecule has 0 aliphatic carbocycles. The third-order valence-corrected chi connectivity index (χ3v) is 7.49. The van der Waals surface area contributed by atoms with Crippen LogP contribution in [0.3, 0.4) is 0 Å². The second-order valence-corrected chi connectivity index (χ2v) is 9.11. The van der Waals surface area contributed by atoms with Crippen LogP contribution in [0.15, 0.2) is 52.9 Å². The first-order chi connectivity index (χ1) is 12.7. The number of nitrogens with one attached hydrogen (secondary N) is 2. The highest BCUT2D eigenvalue weighted by atomic mass is 33.1. The molecule has 2 aromatic rings. The van der Waals surface area contributed by atoms with Crippen molar-refractivity contribution in [3.8, 4) is 11.5 Å². The van der Waals surface area contributed by atoms with Gasteiger partial charge in [0, 0.05) is 15.4 Å². The van der Waals surface area contributed by atoms with Crippen molar-refractivity contribution in [1.29, 1.82) is 0 Å². The third-order valence-electron chi connectivity index (χ3n) is 3.79. The summed E-state index contributed by atoms with van der Waals surface area (Å²) in [5.41, 5.74) is 1.91. The van der Waals surface area contributed by atoms with Crippen molar-refractivity contribution >= 4 is 59.5 Å². The highest BCUT2D eigenvalue weighted by Crippen LogP contribution is 2.44. The summed E-state index contributed by atoms with van der Waals surface area (Å²) in [5.74, 6) is 2.37. The van der Waals surface area contributed by atoms with Gasteiger partial charge < -0.3 is 20.1 Å². The van der Waals surface area contributed by atoms with Gasteiger partial charge in [0.15, 0.2) is 9.43 Å². The summed E-state index contributed by atoms with van der Waals surface area (Å²) in [6, 6.07) is 15.6. The highest BCUT2D eigenvalue weighted by Gasteiger charge is 2.34. The third kappa shape index (κ3) is 3.25. The fourth-order valence-electron chi connectivity index (χ4n) is 2.53. The Morgan fingerprint density at radius 1 is 1.04 bits per heavy atom. The number of anilines is 2. The molecule has 0 saturated carbocycles. The predicted octanol–water partition coefficient (Wildman–Crippen LogP) is 3.80. The molecule has 2 aromatic carbocycles. The molecule has 6 nitrogen and oxygen atoms in total. The lowest BCUT2D eigenvalue weighted by Crippen LogP contribution is -2.44. The Morgan fingerprint density at radius 3 is 2.27 bits per heavy atom. The van der Waals surface area contributed by atoms with Crippen LogP contribution < -0.4 is 25.0 Å². The molecule has 1 unspecified atom stereocenters. The molecule has 26 heavy (non-hydrogen) atoms. The SMILES string of the molecule is COc1ccc(NC2=NS3=C(NC(=S)S3)N2c2ccc(OC)cc2)cc1. The van der Waals surface area contributed by atoms with Gasteiger partial charge in [-0.15, -0.1) is 0 Å². The lowest BCUT2D eigenvalue weighted by Gasteiger charge is -2.23. The second kappa shape index (κ2) is 7.18. The summed E-state index contributed by atoms with van der Waals surface area (Å²) >= 11 is 5.30. The van der Waals surface area contributed by atoms with Gasteiger partial charge in [-0.1, -0.05) is 12.2 Å². The van der Waals surface area contributed by atoms with Crippen LogP contribution in [0, 0.1) is 0 Å². The zero-order valence-electron chi connectivity index (χ0n) is 14.1. The van der Waals surface area contributed by atoms with E-state index in [0.29, 0.717) is 0 Å². The van der Waals surface area contributed by atoms with Crippen LogP contribution in [0.25, 0.3) is 0 Å². The summed E-state index contributed by atoms with van der Waals surface area (Å²) in [4.78, 5) is 2.05. The maximum atomic E-state index is 5.30. The first-order valence-corrected chi connectivity index (χ1v) is 10.6. The van der Waals surface area contributed by atoms with Crippen LogP contribution in [0.2, 0.25) is 0 Å². The van der Waals surface area contributed by atoms with Crippen molar-refractivity contribution in [3.63, 3.8) is 0 Å². The molecule has 2 aliphatic heterocycles. The highest BCUT2D eigenvalue weighted by molar-refractivity contribution is 8.90. The molecular weight excluding hydrogens is 388 g/mol. The Kier molecular flexibility index (Phi) is 4.75. The molecule has 4 rings (SSSR count). The molecule has 0 amide bonds. The maximum absolute atomic E-state index is 5.30. The normalized spacial score (nSPS) is 18.3. The first-order valence-electron chi connectivity index (χ1n) is 7.72. The molecule has 0 fully saturated rings. The molecule has 0 radical (unpaired) electrons. The van der Waals surface area contributed by atoms with Crippen LogP contribution >= 0.6 is 32.7 Å². The van der Waals surface area contributed by atoms with E-state index in [1.54, 1.807) is 25.0 Å². The quantitative estimate of drug-likeness (QED) is 0.594. The van der Waals surface area contributed by atoms with E-state index < -0.39 is 0 Å². The van der Waals surface area contributed by atoms with E-state index in [2.05, 4.69) is 15.5 Å². The summed E-state index contributed by atoms with van der Waals surface area (Å²) in [7, 11) is 4.50. The predicted molar refractivity (Wildman–Crippen MR) is 115 cm³/mol. The molecule has 0 aromatic heterocycles. The van der Waals surface area contributed by atoms with Gasteiger partial charge >= 0.3 is 0 Å². The number of hydrogen-bond acceptors (Lipinski definition) is 7. The average Bonchev–Trinajstić information content (AvgIpc) is 3.17. The van der Waals surface area contributed by atoms with Crippen molar-refractivity contribution in [3.05, 3.63) is 48.5 Å². The number of thiocarbonyl (C=S) groups is 1. The van der Waals surface area contributed by atoms with E-state index >= 15 is 0 Å². The topological polar surface area (TPSA) is 58.1 Å². The van der Waals surface area contributed by atoms with Crippen molar-refractivity contribution in [1.82, 2.24) is 5.32 Å². The summed E-state index contributed by atoms with van der Waals surface area (Å²) < 4.78 is 16.0. The van der Waals surface area contributed by atoms with Crippen molar-refractivity contribution in [2.24, 2.45) is 4.40 Å². The van der Waals surface area contributed by atoms with E-state index in [4.69, 9.17) is 26.1 Å². The Balaban J connectivity index is 1.65. The molecule has 9 heteroatoms. The van der Waals surface area contributed by atoms with Gasteiger partial charge in [-0.05, 0) is 59.3 Å². The Morgan fingerprint density at radius 2 is 1.65 bits per heavy atom. The number of nitrogens with zero attached hydrogens (tertiary/aromatic N) is 2. The van der Waals surface area contributed by atoms with Gasteiger partial charge in [0.05, 0.1) is 19.9 Å². The number of hydrogen-bond donors (Lipinski definition) is 2.